The molecule has 0 radical (unpaired) electrons. The van der Waals surface area contributed by atoms with E-state index < -0.39 is 5.97 Å². The van der Waals surface area contributed by atoms with Crippen LogP contribution in [-0.2, 0) is 0 Å². The van der Waals surface area contributed by atoms with Gasteiger partial charge in [0, 0.05) is 6.54 Å². The van der Waals surface area contributed by atoms with Crippen molar-refractivity contribution in [3.05, 3.63) is 58.7 Å². The van der Waals surface area contributed by atoms with E-state index in [1.165, 1.54) is 5.56 Å². The van der Waals surface area contributed by atoms with Gasteiger partial charge in [0.25, 0.3) is 0 Å². The van der Waals surface area contributed by atoms with Crippen LogP contribution >= 0.6 is 11.6 Å². The SMILES string of the molecule is CC(CCNc1ccc(Cl)c(C(=O)O)n1)c1ccccc1. The van der Waals surface area contributed by atoms with Crippen molar-refractivity contribution in [3.63, 3.8) is 0 Å². The fourth-order valence-electron chi connectivity index (χ4n) is 2.06. The molecule has 0 aliphatic carbocycles. The molecule has 2 aromatic rings. The van der Waals surface area contributed by atoms with Crippen LogP contribution in [0.2, 0.25) is 5.02 Å². The Kier molecular flexibility index (Phi) is 5.17. The number of hydrogen-bond donors (Lipinski definition) is 2. The normalized spacial score (nSPS) is 11.9. The number of rotatable bonds is 6. The molecule has 0 saturated heterocycles. The topological polar surface area (TPSA) is 62.2 Å². The molecule has 1 aromatic heterocycles. The van der Waals surface area contributed by atoms with Crippen molar-refractivity contribution in [3.8, 4) is 0 Å². The lowest BCUT2D eigenvalue weighted by Crippen LogP contribution is -2.09. The Balaban J connectivity index is 1.92. The number of carbonyl (C=O) groups is 1. The van der Waals surface area contributed by atoms with Crippen molar-refractivity contribution >= 4 is 23.4 Å². The molecule has 110 valence electrons. The van der Waals surface area contributed by atoms with Crippen molar-refractivity contribution in [2.24, 2.45) is 0 Å². The van der Waals surface area contributed by atoms with Gasteiger partial charge in [-0.15, -0.1) is 0 Å². The Morgan fingerprint density at radius 2 is 2.00 bits per heavy atom. The van der Waals surface area contributed by atoms with E-state index in [9.17, 15) is 4.79 Å². The third-order valence-electron chi connectivity index (χ3n) is 3.30. The van der Waals surface area contributed by atoms with Crippen LogP contribution in [0, 0.1) is 0 Å². The molecule has 0 fully saturated rings. The Morgan fingerprint density at radius 1 is 1.29 bits per heavy atom. The maximum atomic E-state index is 11.0. The molecule has 4 nitrogen and oxygen atoms in total. The smallest absolute Gasteiger partial charge is 0.356 e. The first-order valence-electron chi connectivity index (χ1n) is 6.76. The summed E-state index contributed by atoms with van der Waals surface area (Å²) in [7, 11) is 0. The number of carboxylic acids is 1. The lowest BCUT2D eigenvalue weighted by Gasteiger charge is -2.13. The summed E-state index contributed by atoms with van der Waals surface area (Å²) < 4.78 is 0. The number of anilines is 1. The van der Waals surface area contributed by atoms with E-state index in [0.29, 0.717) is 18.3 Å². The first kappa shape index (κ1) is 15.3. The number of aromatic nitrogens is 1. The summed E-state index contributed by atoms with van der Waals surface area (Å²) in [5.74, 6) is -0.177. The second-order valence-corrected chi connectivity index (χ2v) is 5.27. The zero-order valence-electron chi connectivity index (χ0n) is 11.7. The minimum absolute atomic E-state index is 0.127. The van der Waals surface area contributed by atoms with Crippen LogP contribution in [0.4, 0.5) is 5.82 Å². The van der Waals surface area contributed by atoms with Crippen LogP contribution in [0.3, 0.4) is 0 Å². The van der Waals surface area contributed by atoms with E-state index in [1.807, 2.05) is 18.2 Å². The third kappa shape index (κ3) is 4.20. The standard InChI is InChI=1S/C16H17ClN2O2/c1-11(12-5-3-2-4-6-12)9-10-18-14-8-7-13(17)15(19-14)16(20)21/h2-8,11H,9-10H2,1H3,(H,18,19)(H,20,21). The minimum Gasteiger partial charge on any atom is -0.476 e. The van der Waals surface area contributed by atoms with Gasteiger partial charge in [-0.3, -0.25) is 0 Å². The number of carboxylic acid groups (broad SMARTS) is 1. The zero-order valence-corrected chi connectivity index (χ0v) is 12.5. The number of halogens is 1. The van der Waals surface area contributed by atoms with Crippen LogP contribution < -0.4 is 5.32 Å². The molecule has 0 bridgehead atoms. The maximum absolute atomic E-state index is 11.0. The molecule has 0 aliphatic heterocycles. The summed E-state index contributed by atoms with van der Waals surface area (Å²) in [5.41, 5.74) is 1.16. The van der Waals surface area contributed by atoms with Gasteiger partial charge in [-0.1, -0.05) is 48.9 Å². The van der Waals surface area contributed by atoms with Crippen LogP contribution in [0.5, 0.6) is 0 Å². The van der Waals surface area contributed by atoms with Crippen LogP contribution in [-0.4, -0.2) is 22.6 Å². The van der Waals surface area contributed by atoms with Crippen LogP contribution in [0.25, 0.3) is 0 Å². The fourth-order valence-corrected chi connectivity index (χ4v) is 2.24. The average Bonchev–Trinajstić information content (AvgIpc) is 2.49. The molecule has 2 N–H and O–H groups in total. The van der Waals surface area contributed by atoms with Crippen molar-refractivity contribution in [2.45, 2.75) is 19.3 Å². The van der Waals surface area contributed by atoms with E-state index in [2.05, 4.69) is 29.4 Å². The van der Waals surface area contributed by atoms with Crippen molar-refractivity contribution in [2.75, 3.05) is 11.9 Å². The van der Waals surface area contributed by atoms with Gasteiger partial charge in [0.1, 0.15) is 5.82 Å². The molecular weight excluding hydrogens is 288 g/mol. The highest BCUT2D eigenvalue weighted by molar-refractivity contribution is 6.33. The van der Waals surface area contributed by atoms with Gasteiger partial charge < -0.3 is 10.4 Å². The van der Waals surface area contributed by atoms with E-state index >= 15 is 0 Å². The monoisotopic (exact) mass is 304 g/mol. The predicted molar refractivity (Wildman–Crippen MR) is 84.2 cm³/mol. The number of benzene rings is 1. The van der Waals surface area contributed by atoms with Crippen LogP contribution in [0.15, 0.2) is 42.5 Å². The van der Waals surface area contributed by atoms with E-state index in [0.717, 1.165) is 6.42 Å². The summed E-state index contributed by atoms with van der Waals surface area (Å²) in [6.45, 7) is 2.87. The van der Waals surface area contributed by atoms with E-state index in [4.69, 9.17) is 16.7 Å². The molecule has 0 aliphatic rings. The molecule has 0 spiro atoms. The van der Waals surface area contributed by atoms with Crippen LogP contribution in [0.1, 0.15) is 35.3 Å². The largest absolute Gasteiger partial charge is 0.476 e. The van der Waals surface area contributed by atoms with Crippen molar-refractivity contribution in [1.29, 1.82) is 0 Å². The second-order valence-electron chi connectivity index (χ2n) is 4.86. The van der Waals surface area contributed by atoms with E-state index in [-0.39, 0.29) is 10.7 Å². The lowest BCUT2D eigenvalue weighted by atomic mass is 9.98. The summed E-state index contributed by atoms with van der Waals surface area (Å²) in [5, 5.41) is 12.3. The Morgan fingerprint density at radius 3 is 2.67 bits per heavy atom. The number of nitrogens with zero attached hydrogens (tertiary/aromatic N) is 1. The first-order chi connectivity index (χ1) is 10.1. The summed E-state index contributed by atoms with van der Waals surface area (Å²) in [6, 6.07) is 13.5. The number of nitrogens with one attached hydrogen (secondary N) is 1. The minimum atomic E-state index is -1.12. The van der Waals surface area contributed by atoms with E-state index in [1.54, 1.807) is 12.1 Å². The van der Waals surface area contributed by atoms with Gasteiger partial charge in [0.15, 0.2) is 5.69 Å². The quantitative estimate of drug-likeness (QED) is 0.845. The molecular formula is C16H17ClN2O2. The average molecular weight is 305 g/mol. The summed E-state index contributed by atoms with van der Waals surface area (Å²) in [6.07, 6.45) is 0.927. The van der Waals surface area contributed by atoms with Gasteiger partial charge in [0.05, 0.1) is 5.02 Å². The highest BCUT2D eigenvalue weighted by atomic mass is 35.5. The molecule has 2 rings (SSSR count). The van der Waals surface area contributed by atoms with Crippen molar-refractivity contribution in [1.82, 2.24) is 4.98 Å². The van der Waals surface area contributed by atoms with Crippen molar-refractivity contribution < 1.29 is 9.90 Å². The molecule has 5 heteroatoms. The lowest BCUT2D eigenvalue weighted by molar-refractivity contribution is 0.0691. The molecule has 1 heterocycles. The third-order valence-corrected chi connectivity index (χ3v) is 3.61. The Labute approximate surface area is 128 Å². The first-order valence-corrected chi connectivity index (χ1v) is 7.14. The highest BCUT2D eigenvalue weighted by Gasteiger charge is 2.11. The van der Waals surface area contributed by atoms with Gasteiger partial charge in [-0.05, 0) is 30.0 Å². The molecule has 0 amide bonds. The molecule has 0 saturated carbocycles. The number of hydrogen-bond acceptors (Lipinski definition) is 3. The Bertz CT molecular complexity index is 617. The predicted octanol–water partition coefficient (Wildman–Crippen LogP) is 4.04. The van der Waals surface area contributed by atoms with Gasteiger partial charge in [-0.25, -0.2) is 9.78 Å². The summed E-state index contributed by atoms with van der Waals surface area (Å²) in [4.78, 5) is 15.0. The zero-order chi connectivity index (χ0) is 15.2. The van der Waals surface area contributed by atoms with Gasteiger partial charge in [0.2, 0.25) is 0 Å². The number of pyridine rings is 1. The fraction of sp³-hybridized carbons (Fsp3) is 0.250. The molecule has 21 heavy (non-hydrogen) atoms. The van der Waals surface area contributed by atoms with Gasteiger partial charge >= 0.3 is 5.97 Å². The molecule has 1 aromatic carbocycles. The molecule has 1 atom stereocenters. The second kappa shape index (κ2) is 7.09. The van der Waals surface area contributed by atoms with Gasteiger partial charge in [-0.2, -0.15) is 0 Å². The maximum Gasteiger partial charge on any atom is 0.356 e. The Hall–Kier alpha value is -2.07. The number of aromatic carboxylic acids is 1. The molecule has 1 unspecified atom stereocenters. The summed E-state index contributed by atoms with van der Waals surface area (Å²) >= 11 is 5.78. The highest BCUT2D eigenvalue weighted by Crippen LogP contribution is 2.20.